The van der Waals surface area contributed by atoms with E-state index in [0.717, 1.165) is 49.3 Å². The fraction of sp³-hybridized carbons (Fsp3) is 0. The monoisotopic (exact) mass is 509 g/mol. The van der Waals surface area contributed by atoms with Crippen molar-refractivity contribution < 1.29 is 4.57 Å². The second-order valence-electron chi connectivity index (χ2n) is 8.97. The number of hydrogen-bond acceptors (Lipinski definition) is 4. The molecule has 0 saturated heterocycles. The largest absolute Gasteiger partial charge is 0.309 e. The molecule has 0 spiro atoms. The van der Waals surface area contributed by atoms with Crippen molar-refractivity contribution >= 4 is 23.1 Å². The van der Waals surface area contributed by atoms with Crippen LogP contribution in [0.25, 0.3) is 33.4 Å². The predicted molar refractivity (Wildman–Crippen MR) is 156 cm³/mol. The molecule has 5 heteroatoms. The third kappa shape index (κ3) is 4.58. The van der Waals surface area contributed by atoms with Gasteiger partial charge in [-0.1, -0.05) is 54.6 Å². The van der Waals surface area contributed by atoms with Crippen LogP contribution in [0.15, 0.2) is 146 Å². The van der Waals surface area contributed by atoms with Gasteiger partial charge in [0.1, 0.15) is 0 Å². The lowest BCUT2D eigenvalue weighted by molar-refractivity contribution is 0.592. The number of hydrogen-bond donors (Lipinski definition) is 0. The van der Waals surface area contributed by atoms with Crippen molar-refractivity contribution in [3.8, 4) is 33.4 Å². The average Bonchev–Trinajstić information content (AvgIpc) is 3.02. The van der Waals surface area contributed by atoms with Crippen LogP contribution in [-0.4, -0.2) is 15.0 Å². The van der Waals surface area contributed by atoms with E-state index in [1.165, 1.54) is 0 Å². The molecule has 3 aromatic heterocycles. The van der Waals surface area contributed by atoms with Gasteiger partial charge in [0.15, 0.2) is 7.14 Å². The van der Waals surface area contributed by atoms with Crippen molar-refractivity contribution in [3.63, 3.8) is 0 Å². The molecule has 0 N–H and O–H groups in total. The molecule has 0 amide bonds. The van der Waals surface area contributed by atoms with Gasteiger partial charge in [0.05, 0.1) is 0 Å². The molecule has 0 unspecified atom stereocenters. The Morgan fingerprint density at radius 1 is 0.368 bits per heavy atom. The molecule has 0 saturated carbocycles. The summed E-state index contributed by atoms with van der Waals surface area (Å²) >= 11 is 0. The van der Waals surface area contributed by atoms with Crippen LogP contribution in [0.3, 0.4) is 0 Å². The van der Waals surface area contributed by atoms with Gasteiger partial charge in [-0.2, -0.15) is 0 Å². The normalized spacial score (nSPS) is 11.3. The summed E-state index contributed by atoms with van der Waals surface area (Å²) in [5.41, 5.74) is 6.10. The zero-order valence-corrected chi connectivity index (χ0v) is 21.4. The van der Waals surface area contributed by atoms with Gasteiger partial charge in [0.25, 0.3) is 0 Å². The van der Waals surface area contributed by atoms with Crippen LogP contribution in [0.2, 0.25) is 0 Å². The van der Waals surface area contributed by atoms with E-state index in [9.17, 15) is 0 Å². The summed E-state index contributed by atoms with van der Waals surface area (Å²) in [4.78, 5) is 12.5. The van der Waals surface area contributed by atoms with E-state index in [1.807, 2.05) is 109 Å². The molecular formula is C33H24N3OP. The molecule has 3 aromatic carbocycles. The maximum atomic E-state index is 15.5. The molecule has 38 heavy (non-hydrogen) atoms. The quantitative estimate of drug-likeness (QED) is 0.240. The van der Waals surface area contributed by atoms with E-state index in [-0.39, 0.29) is 0 Å². The summed E-state index contributed by atoms with van der Waals surface area (Å²) in [6.07, 6.45) is 10.7. The Bertz CT molecular complexity index is 1530. The van der Waals surface area contributed by atoms with E-state index in [0.29, 0.717) is 0 Å². The first-order chi connectivity index (χ1) is 18.7. The third-order valence-corrected chi connectivity index (χ3v) is 9.69. The second kappa shape index (κ2) is 10.4. The van der Waals surface area contributed by atoms with Crippen LogP contribution >= 0.6 is 7.14 Å². The standard InChI is InChI=1S/C33H24N3OP/c37-38(31-7-1-4-28(22-31)25-10-16-34-17-11-25,32-8-2-5-29(23-32)26-12-18-35-19-13-26)33-9-3-6-30(24-33)27-14-20-36-21-15-27/h1-24H. The number of aromatic nitrogens is 3. The van der Waals surface area contributed by atoms with Gasteiger partial charge in [0, 0.05) is 53.1 Å². The van der Waals surface area contributed by atoms with Crippen LogP contribution in [0.4, 0.5) is 0 Å². The molecular weight excluding hydrogens is 485 g/mol. The van der Waals surface area contributed by atoms with Crippen LogP contribution in [0.5, 0.6) is 0 Å². The minimum Gasteiger partial charge on any atom is -0.309 e. The zero-order valence-electron chi connectivity index (χ0n) is 20.6. The minimum atomic E-state index is -3.27. The van der Waals surface area contributed by atoms with Crippen molar-refractivity contribution in [2.45, 2.75) is 0 Å². The van der Waals surface area contributed by atoms with Crippen molar-refractivity contribution in [2.24, 2.45) is 0 Å². The van der Waals surface area contributed by atoms with Gasteiger partial charge in [-0.25, -0.2) is 0 Å². The Morgan fingerprint density at radius 3 is 0.947 bits per heavy atom. The second-order valence-corrected chi connectivity index (χ2v) is 11.7. The Kier molecular flexibility index (Phi) is 6.47. The van der Waals surface area contributed by atoms with E-state index in [1.54, 1.807) is 37.2 Å². The lowest BCUT2D eigenvalue weighted by Gasteiger charge is -2.22. The van der Waals surface area contributed by atoms with E-state index < -0.39 is 7.14 Å². The number of rotatable bonds is 6. The van der Waals surface area contributed by atoms with Crippen LogP contribution < -0.4 is 15.9 Å². The lowest BCUT2D eigenvalue weighted by Crippen LogP contribution is -2.25. The molecule has 4 nitrogen and oxygen atoms in total. The Hall–Kier alpha value is -4.66. The summed E-state index contributed by atoms with van der Waals surface area (Å²) < 4.78 is 15.5. The summed E-state index contributed by atoms with van der Waals surface area (Å²) in [7, 11) is -3.27. The van der Waals surface area contributed by atoms with E-state index >= 15 is 4.57 Å². The topological polar surface area (TPSA) is 55.7 Å². The molecule has 0 fully saturated rings. The average molecular weight is 510 g/mol. The van der Waals surface area contributed by atoms with Crippen LogP contribution in [0.1, 0.15) is 0 Å². The summed E-state index contributed by atoms with van der Waals surface area (Å²) in [5.74, 6) is 0. The SMILES string of the molecule is O=P(c1cccc(-c2ccncc2)c1)(c1cccc(-c2ccncc2)c1)c1cccc(-c2ccncc2)c1. The van der Waals surface area contributed by atoms with Crippen LogP contribution in [-0.2, 0) is 4.57 Å². The molecule has 3 heterocycles. The fourth-order valence-corrected chi connectivity index (χ4v) is 7.47. The summed E-state index contributed by atoms with van der Waals surface area (Å²) in [6, 6.07) is 36.0. The minimum absolute atomic E-state index is 0.783. The third-order valence-electron chi connectivity index (χ3n) is 6.67. The van der Waals surface area contributed by atoms with E-state index in [2.05, 4.69) is 15.0 Å². The number of benzene rings is 3. The number of pyridine rings is 3. The van der Waals surface area contributed by atoms with Gasteiger partial charge in [0.2, 0.25) is 0 Å². The van der Waals surface area contributed by atoms with E-state index in [4.69, 9.17) is 0 Å². The van der Waals surface area contributed by atoms with Gasteiger partial charge in [-0.05, 0) is 88.0 Å². The summed E-state index contributed by atoms with van der Waals surface area (Å²) in [5, 5.41) is 2.35. The molecule has 0 aliphatic carbocycles. The van der Waals surface area contributed by atoms with Crippen molar-refractivity contribution in [3.05, 3.63) is 146 Å². The smallest absolute Gasteiger partial charge is 0.171 e. The fourth-order valence-electron chi connectivity index (χ4n) is 4.72. The van der Waals surface area contributed by atoms with Gasteiger partial charge in [-0.15, -0.1) is 0 Å². The highest BCUT2D eigenvalue weighted by atomic mass is 31.2. The molecule has 6 aromatic rings. The Morgan fingerprint density at radius 2 is 0.658 bits per heavy atom. The molecule has 0 bridgehead atoms. The molecule has 0 atom stereocenters. The van der Waals surface area contributed by atoms with Gasteiger partial charge < -0.3 is 4.57 Å². The molecule has 0 aliphatic rings. The first-order valence-electron chi connectivity index (χ1n) is 12.3. The zero-order chi connectivity index (χ0) is 25.8. The molecule has 0 radical (unpaired) electrons. The number of nitrogens with zero attached hydrogens (tertiary/aromatic N) is 3. The highest BCUT2D eigenvalue weighted by Crippen LogP contribution is 2.44. The maximum Gasteiger partial charge on any atom is 0.171 e. The molecule has 0 aliphatic heterocycles. The van der Waals surface area contributed by atoms with Crippen molar-refractivity contribution in [1.29, 1.82) is 0 Å². The summed E-state index contributed by atoms with van der Waals surface area (Å²) in [6.45, 7) is 0. The van der Waals surface area contributed by atoms with Gasteiger partial charge in [-0.3, -0.25) is 15.0 Å². The van der Waals surface area contributed by atoms with Gasteiger partial charge >= 0.3 is 0 Å². The Labute approximate surface area is 222 Å². The first kappa shape index (κ1) is 23.7. The first-order valence-corrected chi connectivity index (χ1v) is 14.1. The highest BCUT2D eigenvalue weighted by Gasteiger charge is 2.31. The van der Waals surface area contributed by atoms with Crippen molar-refractivity contribution in [2.75, 3.05) is 0 Å². The molecule has 182 valence electrons. The highest BCUT2D eigenvalue weighted by molar-refractivity contribution is 7.85. The predicted octanol–water partition coefficient (Wildman–Crippen LogP) is 6.51. The maximum absolute atomic E-state index is 15.5. The Balaban J connectivity index is 1.57. The van der Waals surface area contributed by atoms with Crippen molar-refractivity contribution in [1.82, 2.24) is 15.0 Å². The lowest BCUT2D eigenvalue weighted by atomic mass is 10.1. The molecule has 6 rings (SSSR count). The van der Waals surface area contributed by atoms with Crippen LogP contribution in [0, 0.1) is 0 Å².